The first kappa shape index (κ1) is 23.9. The molecule has 0 spiro atoms. The van der Waals surface area contributed by atoms with Gasteiger partial charge < -0.3 is 0 Å². The second-order valence-corrected chi connectivity index (χ2v) is 10.5. The largest absolute Gasteiger partial charge is 0.271 e. The molecule has 0 radical (unpaired) electrons. The monoisotopic (exact) mass is 561 g/mol. The molecule has 0 aliphatic rings. The predicted octanol–water partition coefficient (Wildman–Crippen LogP) is 4.64. The predicted molar refractivity (Wildman–Crippen MR) is 136 cm³/mol. The van der Waals surface area contributed by atoms with Crippen molar-refractivity contribution in [3.63, 3.8) is 0 Å². The third-order valence-electron chi connectivity index (χ3n) is 4.83. The summed E-state index contributed by atoms with van der Waals surface area (Å²) in [6.07, 6.45) is 0. The van der Waals surface area contributed by atoms with Crippen LogP contribution in [0.15, 0.2) is 82.8 Å². The zero-order valence-electron chi connectivity index (χ0n) is 18.0. The van der Waals surface area contributed by atoms with Crippen molar-refractivity contribution in [2.24, 2.45) is 5.10 Å². The van der Waals surface area contributed by atoms with E-state index in [0.717, 1.165) is 24.6 Å². The highest BCUT2D eigenvalue weighted by molar-refractivity contribution is 14.1. The third-order valence-corrected chi connectivity index (χ3v) is 7.28. The first-order chi connectivity index (χ1) is 15.2. The molecular formula is C24H24IN3O3S. The second kappa shape index (κ2) is 10.3. The summed E-state index contributed by atoms with van der Waals surface area (Å²) in [4.78, 5) is 12.9. The fraction of sp³-hybridized carbons (Fsp3) is 0.167. The van der Waals surface area contributed by atoms with Crippen LogP contribution < -0.4 is 9.73 Å². The highest BCUT2D eigenvalue weighted by atomic mass is 127. The Balaban J connectivity index is 1.90. The first-order valence-corrected chi connectivity index (χ1v) is 12.4. The van der Waals surface area contributed by atoms with Crippen LogP contribution in [0.1, 0.15) is 23.6 Å². The van der Waals surface area contributed by atoms with Gasteiger partial charge in [-0.05, 0) is 84.8 Å². The van der Waals surface area contributed by atoms with Crippen LogP contribution in [0.5, 0.6) is 0 Å². The molecule has 0 aliphatic carbocycles. The summed E-state index contributed by atoms with van der Waals surface area (Å²) in [5.41, 5.74) is 6.21. The highest BCUT2D eigenvalue weighted by Crippen LogP contribution is 2.27. The van der Waals surface area contributed by atoms with E-state index in [2.05, 4.69) is 33.1 Å². The quantitative estimate of drug-likeness (QED) is 0.259. The van der Waals surface area contributed by atoms with E-state index >= 15 is 0 Å². The van der Waals surface area contributed by atoms with Crippen molar-refractivity contribution in [3.05, 3.63) is 93.1 Å². The number of aryl methyl sites for hydroxylation is 2. The van der Waals surface area contributed by atoms with Gasteiger partial charge in [0.15, 0.2) is 0 Å². The minimum absolute atomic E-state index is 0.117. The molecule has 0 bridgehead atoms. The van der Waals surface area contributed by atoms with Crippen LogP contribution in [-0.4, -0.2) is 26.6 Å². The second-order valence-electron chi connectivity index (χ2n) is 7.36. The van der Waals surface area contributed by atoms with Gasteiger partial charge in [0.25, 0.3) is 15.9 Å². The zero-order chi connectivity index (χ0) is 23.3. The van der Waals surface area contributed by atoms with E-state index in [-0.39, 0.29) is 4.90 Å². The Morgan fingerprint density at radius 3 is 2.38 bits per heavy atom. The van der Waals surface area contributed by atoms with Crippen molar-refractivity contribution in [1.82, 2.24) is 5.43 Å². The number of carbonyl (C=O) groups is 1. The number of rotatable bonds is 7. The zero-order valence-corrected chi connectivity index (χ0v) is 21.0. The Bertz CT molecular complexity index is 1260. The Labute approximate surface area is 202 Å². The molecule has 0 saturated heterocycles. The SMILES string of the molecule is CC(=NNC(=O)CN(c1ccc(C)cc1C)S(=O)(=O)c1ccccc1)c1cccc(I)c1. The summed E-state index contributed by atoms with van der Waals surface area (Å²) in [6, 6.07) is 21.2. The van der Waals surface area contributed by atoms with Gasteiger partial charge in [0.05, 0.1) is 16.3 Å². The lowest BCUT2D eigenvalue weighted by atomic mass is 10.1. The van der Waals surface area contributed by atoms with Crippen LogP contribution in [-0.2, 0) is 14.8 Å². The third kappa shape index (κ3) is 5.74. The number of anilines is 1. The molecule has 3 aromatic rings. The number of benzene rings is 3. The summed E-state index contributed by atoms with van der Waals surface area (Å²) in [7, 11) is -3.96. The van der Waals surface area contributed by atoms with Crippen LogP contribution >= 0.6 is 22.6 Å². The number of nitrogens with one attached hydrogen (secondary N) is 1. The Hall–Kier alpha value is -2.72. The number of nitrogens with zero attached hydrogens (tertiary/aromatic N) is 2. The summed E-state index contributed by atoms with van der Waals surface area (Å²) in [6.45, 7) is 5.15. The number of hydrazone groups is 1. The summed E-state index contributed by atoms with van der Waals surface area (Å²) in [5, 5.41) is 4.17. The standard InChI is InChI=1S/C24H24IN3O3S/c1-17-12-13-23(18(2)14-17)28(32(30,31)22-10-5-4-6-11-22)16-24(29)27-26-19(3)20-8-7-9-21(25)15-20/h4-15H,16H2,1-3H3,(H,27,29). The molecule has 0 aromatic heterocycles. The fourth-order valence-corrected chi connectivity index (χ4v) is 5.24. The average Bonchev–Trinajstić information content (AvgIpc) is 2.77. The normalized spacial score (nSPS) is 11.8. The van der Waals surface area contributed by atoms with Crippen molar-refractivity contribution in [2.45, 2.75) is 25.7 Å². The molecule has 3 rings (SSSR count). The molecule has 8 heteroatoms. The van der Waals surface area contributed by atoms with Gasteiger partial charge in [0.2, 0.25) is 0 Å². The number of sulfonamides is 1. The molecule has 1 N–H and O–H groups in total. The minimum atomic E-state index is -3.96. The maximum Gasteiger partial charge on any atom is 0.264 e. The van der Waals surface area contributed by atoms with E-state index in [9.17, 15) is 13.2 Å². The smallest absolute Gasteiger partial charge is 0.264 e. The molecule has 3 aromatic carbocycles. The van der Waals surface area contributed by atoms with Crippen molar-refractivity contribution in [2.75, 3.05) is 10.8 Å². The van der Waals surface area contributed by atoms with Crippen molar-refractivity contribution >= 4 is 49.9 Å². The molecule has 0 atom stereocenters. The number of halogens is 1. The van der Waals surface area contributed by atoms with E-state index in [1.54, 1.807) is 31.2 Å². The molecule has 0 aliphatic heterocycles. The van der Waals surface area contributed by atoms with Gasteiger partial charge >= 0.3 is 0 Å². The molecule has 1 amide bonds. The molecular weight excluding hydrogens is 537 g/mol. The van der Waals surface area contributed by atoms with Gasteiger partial charge in [-0.25, -0.2) is 13.8 Å². The molecule has 0 unspecified atom stereocenters. The highest BCUT2D eigenvalue weighted by Gasteiger charge is 2.28. The van der Waals surface area contributed by atoms with Crippen LogP contribution in [0, 0.1) is 17.4 Å². The maximum atomic E-state index is 13.4. The molecule has 0 heterocycles. The minimum Gasteiger partial charge on any atom is -0.271 e. The Morgan fingerprint density at radius 2 is 1.72 bits per heavy atom. The fourth-order valence-electron chi connectivity index (χ4n) is 3.19. The summed E-state index contributed by atoms with van der Waals surface area (Å²) < 4.78 is 29.0. The van der Waals surface area contributed by atoms with Crippen molar-refractivity contribution < 1.29 is 13.2 Å². The molecule has 6 nitrogen and oxygen atoms in total. The Morgan fingerprint density at radius 1 is 1.00 bits per heavy atom. The number of amides is 1. The van der Waals surface area contributed by atoms with Crippen LogP contribution in [0.25, 0.3) is 0 Å². The van der Waals surface area contributed by atoms with Crippen molar-refractivity contribution in [1.29, 1.82) is 0 Å². The van der Waals surface area contributed by atoms with E-state index in [0.29, 0.717) is 11.4 Å². The first-order valence-electron chi connectivity index (χ1n) is 9.92. The lowest BCUT2D eigenvalue weighted by Crippen LogP contribution is -2.40. The van der Waals surface area contributed by atoms with Gasteiger partial charge in [0.1, 0.15) is 6.54 Å². The van der Waals surface area contributed by atoms with E-state index in [4.69, 9.17) is 0 Å². The Kier molecular flexibility index (Phi) is 7.68. The van der Waals surface area contributed by atoms with Gasteiger partial charge in [-0.15, -0.1) is 0 Å². The van der Waals surface area contributed by atoms with Gasteiger partial charge in [0, 0.05) is 3.57 Å². The summed E-state index contributed by atoms with van der Waals surface area (Å²) in [5.74, 6) is -0.533. The van der Waals surface area contributed by atoms with Crippen molar-refractivity contribution in [3.8, 4) is 0 Å². The molecule has 0 saturated carbocycles. The number of hydrogen-bond donors (Lipinski definition) is 1. The van der Waals surface area contributed by atoms with Gasteiger partial charge in [-0.3, -0.25) is 9.10 Å². The van der Waals surface area contributed by atoms with E-state index in [1.165, 1.54) is 12.1 Å². The van der Waals surface area contributed by atoms with Crippen LogP contribution in [0.4, 0.5) is 5.69 Å². The average molecular weight is 561 g/mol. The maximum absolute atomic E-state index is 13.4. The molecule has 32 heavy (non-hydrogen) atoms. The lowest BCUT2D eigenvalue weighted by molar-refractivity contribution is -0.119. The molecule has 166 valence electrons. The molecule has 0 fully saturated rings. The topological polar surface area (TPSA) is 78.8 Å². The summed E-state index contributed by atoms with van der Waals surface area (Å²) >= 11 is 2.21. The number of carbonyl (C=O) groups excluding carboxylic acids is 1. The lowest BCUT2D eigenvalue weighted by Gasteiger charge is -2.25. The van der Waals surface area contributed by atoms with Gasteiger partial charge in [-0.1, -0.05) is 48.0 Å². The van der Waals surface area contributed by atoms with Crippen LogP contribution in [0.3, 0.4) is 0 Å². The van der Waals surface area contributed by atoms with Gasteiger partial charge in [-0.2, -0.15) is 5.10 Å². The van der Waals surface area contributed by atoms with Crippen LogP contribution in [0.2, 0.25) is 0 Å². The van der Waals surface area contributed by atoms with E-state index < -0.39 is 22.5 Å². The van der Waals surface area contributed by atoms with E-state index in [1.807, 2.05) is 50.2 Å². The number of hydrogen-bond acceptors (Lipinski definition) is 4.